The highest BCUT2D eigenvalue weighted by atomic mass is 35.5. The van der Waals surface area contributed by atoms with Gasteiger partial charge in [-0.3, -0.25) is 4.57 Å². The van der Waals surface area contributed by atoms with Crippen LogP contribution in [0.15, 0.2) is 36.4 Å². The lowest BCUT2D eigenvalue weighted by Gasteiger charge is -2.10. The Balaban J connectivity index is 2.32. The van der Waals surface area contributed by atoms with Crippen LogP contribution in [0.1, 0.15) is 5.82 Å². The predicted molar refractivity (Wildman–Crippen MR) is 75.4 cm³/mol. The molecule has 0 spiro atoms. The Kier molecular flexibility index (Phi) is 3.59. The van der Waals surface area contributed by atoms with Crippen LogP contribution in [-0.4, -0.2) is 15.4 Å². The van der Waals surface area contributed by atoms with E-state index in [9.17, 15) is 13.2 Å². The van der Waals surface area contributed by atoms with Gasteiger partial charge in [0.15, 0.2) is 11.6 Å². The normalized spacial score (nSPS) is 11.2. The van der Waals surface area contributed by atoms with Crippen molar-refractivity contribution >= 4 is 22.6 Å². The molecular weight excluding hydrogens is 301 g/mol. The second kappa shape index (κ2) is 5.41. The molecule has 108 valence electrons. The first kappa shape index (κ1) is 13.9. The van der Waals surface area contributed by atoms with Crippen LogP contribution in [0.3, 0.4) is 0 Å². The number of alkyl halides is 1. The number of imidazole rings is 1. The Morgan fingerprint density at radius 3 is 2.48 bits per heavy atom. The zero-order chi connectivity index (χ0) is 15.0. The van der Waals surface area contributed by atoms with Crippen LogP contribution in [0.25, 0.3) is 16.7 Å². The molecule has 2 aromatic carbocycles. The van der Waals surface area contributed by atoms with Gasteiger partial charge in [-0.15, -0.1) is 11.6 Å². The largest absolute Gasteiger partial charge is 0.293 e. The predicted octanol–water partition coefficient (Wildman–Crippen LogP) is 4.22. The summed E-state index contributed by atoms with van der Waals surface area (Å²) in [5, 5.41) is 0. The van der Waals surface area contributed by atoms with E-state index in [1.165, 1.54) is 4.57 Å². The molecule has 0 amide bonds. The number of para-hydroxylation sites is 2. The Hall–Kier alpha value is -2.01. The summed E-state index contributed by atoms with van der Waals surface area (Å²) in [6.07, 6.45) is 0.384. The number of rotatable bonds is 3. The minimum atomic E-state index is -1.22. The van der Waals surface area contributed by atoms with Crippen molar-refractivity contribution in [2.45, 2.75) is 6.42 Å². The number of aryl methyl sites for hydroxylation is 1. The van der Waals surface area contributed by atoms with E-state index >= 15 is 0 Å². The van der Waals surface area contributed by atoms with E-state index in [0.717, 1.165) is 6.07 Å². The van der Waals surface area contributed by atoms with Crippen molar-refractivity contribution in [3.8, 4) is 5.69 Å². The van der Waals surface area contributed by atoms with Crippen LogP contribution in [0.5, 0.6) is 0 Å². The fraction of sp³-hybridized carbons (Fsp3) is 0.133. The highest BCUT2D eigenvalue weighted by molar-refractivity contribution is 6.17. The lowest BCUT2D eigenvalue weighted by molar-refractivity contribution is 0.492. The summed E-state index contributed by atoms with van der Waals surface area (Å²) in [4.78, 5) is 4.37. The average Bonchev–Trinajstić information content (AvgIpc) is 2.81. The third-order valence-corrected chi connectivity index (χ3v) is 3.37. The maximum Gasteiger partial charge on any atom is 0.161 e. The lowest BCUT2D eigenvalue weighted by atomic mass is 10.2. The smallest absolute Gasteiger partial charge is 0.161 e. The molecule has 0 aliphatic rings. The van der Waals surface area contributed by atoms with Gasteiger partial charge in [0.2, 0.25) is 0 Å². The average molecular weight is 311 g/mol. The molecule has 0 fully saturated rings. The number of halogens is 4. The zero-order valence-corrected chi connectivity index (χ0v) is 11.5. The van der Waals surface area contributed by atoms with E-state index < -0.39 is 17.5 Å². The standard InChI is InChI=1S/C15H10ClF3N2/c16-6-5-15-20-12-3-1-2-4-13(12)21(15)14-8-10(18)9(17)7-11(14)19/h1-4,7-8H,5-6H2. The second-order valence-electron chi connectivity index (χ2n) is 4.51. The Morgan fingerprint density at radius 2 is 1.71 bits per heavy atom. The van der Waals surface area contributed by atoms with Crippen molar-refractivity contribution in [2.75, 3.05) is 5.88 Å². The molecule has 0 aliphatic heterocycles. The van der Waals surface area contributed by atoms with Gasteiger partial charge in [-0.05, 0) is 12.1 Å². The van der Waals surface area contributed by atoms with Gasteiger partial charge < -0.3 is 0 Å². The first-order chi connectivity index (χ1) is 10.1. The van der Waals surface area contributed by atoms with Crippen LogP contribution in [-0.2, 0) is 6.42 Å². The summed E-state index contributed by atoms with van der Waals surface area (Å²) in [5.41, 5.74) is 1.17. The lowest BCUT2D eigenvalue weighted by Crippen LogP contribution is -2.06. The maximum atomic E-state index is 14.1. The molecule has 3 aromatic rings. The van der Waals surface area contributed by atoms with Crippen molar-refractivity contribution in [1.82, 2.24) is 9.55 Å². The molecule has 0 N–H and O–H groups in total. The topological polar surface area (TPSA) is 17.8 Å². The van der Waals surface area contributed by atoms with E-state index in [4.69, 9.17) is 11.6 Å². The second-order valence-corrected chi connectivity index (χ2v) is 4.89. The molecule has 1 heterocycles. The van der Waals surface area contributed by atoms with Crippen LogP contribution < -0.4 is 0 Å². The third kappa shape index (κ3) is 2.38. The molecule has 0 unspecified atom stereocenters. The van der Waals surface area contributed by atoms with Crippen molar-refractivity contribution in [2.24, 2.45) is 0 Å². The van der Waals surface area contributed by atoms with Gasteiger partial charge in [0.25, 0.3) is 0 Å². The molecule has 0 atom stereocenters. The van der Waals surface area contributed by atoms with E-state index in [2.05, 4.69) is 4.98 Å². The summed E-state index contributed by atoms with van der Waals surface area (Å²) in [6, 6.07) is 8.43. The van der Waals surface area contributed by atoms with Crippen LogP contribution in [0.4, 0.5) is 13.2 Å². The minimum absolute atomic E-state index is 0.0808. The molecule has 3 rings (SSSR count). The van der Waals surface area contributed by atoms with Crippen molar-refractivity contribution < 1.29 is 13.2 Å². The molecule has 21 heavy (non-hydrogen) atoms. The molecule has 2 nitrogen and oxygen atoms in total. The van der Waals surface area contributed by atoms with Crippen LogP contribution in [0, 0.1) is 17.5 Å². The first-order valence-corrected chi connectivity index (χ1v) is 6.82. The summed E-state index contributed by atoms with van der Waals surface area (Å²) in [6.45, 7) is 0. The minimum Gasteiger partial charge on any atom is -0.293 e. The molecule has 0 aliphatic carbocycles. The number of hydrogen-bond donors (Lipinski definition) is 0. The molecule has 1 aromatic heterocycles. The number of nitrogens with zero attached hydrogens (tertiary/aromatic N) is 2. The van der Waals surface area contributed by atoms with E-state index in [1.807, 2.05) is 0 Å². The van der Waals surface area contributed by atoms with E-state index in [-0.39, 0.29) is 11.6 Å². The summed E-state index contributed by atoms with van der Waals surface area (Å²) < 4.78 is 42.1. The Morgan fingerprint density at radius 1 is 1.00 bits per heavy atom. The van der Waals surface area contributed by atoms with E-state index in [1.54, 1.807) is 24.3 Å². The first-order valence-electron chi connectivity index (χ1n) is 6.29. The molecular formula is C15H10ClF3N2. The van der Waals surface area contributed by atoms with Gasteiger partial charge in [0.1, 0.15) is 11.6 Å². The maximum absolute atomic E-state index is 14.1. The third-order valence-electron chi connectivity index (χ3n) is 3.18. The van der Waals surface area contributed by atoms with Gasteiger partial charge in [-0.25, -0.2) is 18.2 Å². The van der Waals surface area contributed by atoms with Gasteiger partial charge in [0.05, 0.1) is 16.7 Å². The van der Waals surface area contributed by atoms with Crippen LogP contribution in [0.2, 0.25) is 0 Å². The Bertz CT molecular complexity index is 814. The molecule has 0 saturated heterocycles. The molecule has 0 radical (unpaired) electrons. The van der Waals surface area contributed by atoms with Gasteiger partial charge >= 0.3 is 0 Å². The molecule has 6 heteroatoms. The Labute approximate surface area is 123 Å². The number of aromatic nitrogens is 2. The van der Waals surface area contributed by atoms with Gasteiger partial charge in [-0.1, -0.05) is 12.1 Å². The number of benzene rings is 2. The van der Waals surface area contributed by atoms with Crippen molar-refractivity contribution in [3.05, 3.63) is 59.7 Å². The zero-order valence-electron chi connectivity index (χ0n) is 10.8. The number of hydrogen-bond acceptors (Lipinski definition) is 1. The molecule has 0 bridgehead atoms. The summed E-state index contributed by atoms with van der Waals surface area (Å²) in [5.74, 6) is -2.40. The van der Waals surface area contributed by atoms with Crippen molar-refractivity contribution in [1.29, 1.82) is 0 Å². The van der Waals surface area contributed by atoms with E-state index in [0.29, 0.717) is 29.3 Å². The van der Waals surface area contributed by atoms with Gasteiger partial charge in [0, 0.05) is 24.4 Å². The van der Waals surface area contributed by atoms with Crippen molar-refractivity contribution in [3.63, 3.8) is 0 Å². The summed E-state index contributed by atoms with van der Waals surface area (Å²) in [7, 11) is 0. The quantitative estimate of drug-likeness (QED) is 0.523. The highest BCUT2D eigenvalue weighted by Crippen LogP contribution is 2.25. The fourth-order valence-electron chi connectivity index (χ4n) is 2.28. The summed E-state index contributed by atoms with van der Waals surface area (Å²) >= 11 is 5.74. The van der Waals surface area contributed by atoms with Crippen LogP contribution >= 0.6 is 11.6 Å². The SMILES string of the molecule is Fc1cc(F)c(-n2c(CCCl)nc3ccccc32)cc1F. The highest BCUT2D eigenvalue weighted by Gasteiger charge is 2.17. The monoisotopic (exact) mass is 310 g/mol. The fourth-order valence-corrected chi connectivity index (χ4v) is 2.45. The van der Waals surface area contributed by atoms with Gasteiger partial charge in [-0.2, -0.15) is 0 Å². The number of fused-ring (bicyclic) bond motifs is 1. The molecule has 0 saturated carbocycles.